The van der Waals surface area contributed by atoms with Crippen molar-refractivity contribution in [2.24, 2.45) is 11.8 Å². The Labute approximate surface area is 195 Å². The minimum atomic E-state index is 0.346. The van der Waals surface area contributed by atoms with Gasteiger partial charge in [-0.3, -0.25) is 0 Å². The van der Waals surface area contributed by atoms with Gasteiger partial charge in [-0.25, -0.2) is 9.97 Å². The number of anilines is 2. The Morgan fingerprint density at radius 3 is 2.03 bits per heavy atom. The molecular formula is C29H41N3. The minimum absolute atomic E-state index is 0.346. The molecule has 2 aromatic carbocycles. The summed E-state index contributed by atoms with van der Waals surface area (Å²) in [5.41, 5.74) is 5.59. The lowest BCUT2D eigenvalue weighted by Gasteiger charge is -2.39. The van der Waals surface area contributed by atoms with Crippen LogP contribution in [0.4, 0.5) is 11.4 Å². The van der Waals surface area contributed by atoms with Crippen LogP contribution in [0.15, 0.2) is 60.8 Å². The van der Waals surface area contributed by atoms with E-state index >= 15 is 0 Å². The van der Waals surface area contributed by atoms with Crippen LogP contribution in [0.1, 0.15) is 65.6 Å². The Kier molecular flexibility index (Phi) is 9.90. The van der Waals surface area contributed by atoms with Gasteiger partial charge in [-0.2, -0.15) is 0 Å². The third kappa shape index (κ3) is 5.76. The van der Waals surface area contributed by atoms with Gasteiger partial charge in [0.05, 0.1) is 17.6 Å². The Balaban J connectivity index is 0.00000176. The number of nitrogens with zero attached hydrogens (tertiary/aromatic N) is 3. The van der Waals surface area contributed by atoms with Crippen LogP contribution in [0.3, 0.4) is 0 Å². The fourth-order valence-corrected chi connectivity index (χ4v) is 4.55. The fourth-order valence-electron chi connectivity index (χ4n) is 4.55. The average Bonchev–Trinajstić information content (AvgIpc) is 2.83. The van der Waals surface area contributed by atoms with Gasteiger partial charge in [0.2, 0.25) is 0 Å². The number of para-hydroxylation sites is 1. The van der Waals surface area contributed by atoms with Crippen LogP contribution in [0.25, 0.3) is 11.4 Å². The number of hydrogen-bond acceptors (Lipinski definition) is 3. The molecule has 3 aromatic rings. The summed E-state index contributed by atoms with van der Waals surface area (Å²) in [4.78, 5) is 12.2. The number of benzene rings is 2. The summed E-state index contributed by atoms with van der Waals surface area (Å²) in [6.07, 6.45) is 4.35. The van der Waals surface area contributed by atoms with Gasteiger partial charge in [0.25, 0.3) is 0 Å². The zero-order chi connectivity index (χ0) is 23.7. The topological polar surface area (TPSA) is 29.0 Å². The molecule has 172 valence electrons. The molecule has 0 spiro atoms. The molecule has 0 amide bonds. The van der Waals surface area contributed by atoms with Gasteiger partial charge in [0.15, 0.2) is 5.82 Å². The highest BCUT2D eigenvalue weighted by Gasteiger charge is 2.29. The molecule has 3 nitrogen and oxygen atoms in total. The Morgan fingerprint density at radius 1 is 0.844 bits per heavy atom. The van der Waals surface area contributed by atoms with Gasteiger partial charge in [-0.1, -0.05) is 89.9 Å². The van der Waals surface area contributed by atoms with E-state index in [2.05, 4.69) is 95.0 Å². The van der Waals surface area contributed by atoms with Crippen LogP contribution in [0.2, 0.25) is 0 Å². The molecule has 3 atom stereocenters. The van der Waals surface area contributed by atoms with E-state index in [4.69, 9.17) is 9.97 Å². The van der Waals surface area contributed by atoms with Crippen molar-refractivity contribution in [3.05, 3.63) is 72.1 Å². The van der Waals surface area contributed by atoms with Crippen LogP contribution in [0, 0.1) is 25.7 Å². The lowest BCUT2D eigenvalue weighted by molar-refractivity contribution is 0.292. The zero-order valence-electron chi connectivity index (χ0n) is 21.3. The van der Waals surface area contributed by atoms with Gasteiger partial charge in [0.1, 0.15) is 0 Å². The smallest absolute Gasteiger partial charge is 0.159 e. The third-order valence-corrected chi connectivity index (χ3v) is 6.51. The van der Waals surface area contributed by atoms with Gasteiger partial charge in [0, 0.05) is 17.3 Å². The first-order valence-corrected chi connectivity index (χ1v) is 12.2. The molecule has 0 aliphatic carbocycles. The molecule has 0 radical (unpaired) electrons. The number of aromatic nitrogens is 2. The summed E-state index contributed by atoms with van der Waals surface area (Å²) in [5, 5.41) is 0. The first-order valence-electron chi connectivity index (χ1n) is 12.2. The molecule has 0 aliphatic rings. The molecule has 0 saturated heterocycles. The summed E-state index contributed by atoms with van der Waals surface area (Å²) in [5.74, 6) is 2.04. The van der Waals surface area contributed by atoms with Gasteiger partial charge in [-0.15, -0.1) is 0 Å². The fraction of sp³-hybridized carbons (Fsp3) is 0.448. The standard InChI is InChI=1S/C27H35N3.C2H6/c1-7-19(3)24(8-2)22(6)30(23-15-10-9-11-16-23)26-18-28-27(29-21(26)5)25-17-13-12-14-20(25)4;1-2/h9-19,22,24H,7-8H2,1-6H3;1-2H3. The maximum atomic E-state index is 4.93. The monoisotopic (exact) mass is 431 g/mol. The summed E-state index contributed by atoms with van der Waals surface area (Å²) < 4.78 is 0. The number of aryl methyl sites for hydroxylation is 2. The minimum Gasteiger partial charge on any atom is -0.336 e. The molecule has 3 rings (SSSR count). The van der Waals surface area contributed by atoms with E-state index in [1.54, 1.807) is 0 Å². The van der Waals surface area contributed by atoms with Crippen molar-refractivity contribution in [1.82, 2.24) is 9.97 Å². The van der Waals surface area contributed by atoms with Crippen LogP contribution in [-0.2, 0) is 0 Å². The van der Waals surface area contributed by atoms with Crippen molar-refractivity contribution in [1.29, 1.82) is 0 Å². The molecular weight excluding hydrogens is 390 g/mol. The van der Waals surface area contributed by atoms with Gasteiger partial charge >= 0.3 is 0 Å². The molecule has 0 fully saturated rings. The Bertz CT molecular complexity index is 952. The van der Waals surface area contributed by atoms with E-state index in [-0.39, 0.29) is 0 Å². The maximum Gasteiger partial charge on any atom is 0.159 e. The summed E-state index contributed by atoms with van der Waals surface area (Å²) in [6, 6.07) is 19.3. The van der Waals surface area contributed by atoms with Crippen molar-refractivity contribution >= 4 is 11.4 Å². The predicted molar refractivity (Wildman–Crippen MR) is 140 cm³/mol. The molecule has 0 bridgehead atoms. The van der Waals surface area contributed by atoms with E-state index in [1.165, 1.54) is 17.7 Å². The highest BCUT2D eigenvalue weighted by atomic mass is 15.2. The highest BCUT2D eigenvalue weighted by molar-refractivity contribution is 5.68. The molecule has 1 aromatic heterocycles. The predicted octanol–water partition coefficient (Wildman–Crippen LogP) is 8.39. The van der Waals surface area contributed by atoms with Crippen LogP contribution >= 0.6 is 0 Å². The SMILES string of the molecule is CC.CCC(C)C(CC)C(C)N(c1ccccc1)c1cnc(-c2ccccc2C)nc1C. The number of rotatable bonds is 8. The van der Waals surface area contributed by atoms with Crippen molar-refractivity contribution in [3.8, 4) is 11.4 Å². The molecule has 0 saturated carbocycles. The first kappa shape index (κ1) is 25.6. The Hall–Kier alpha value is -2.68. The molecule has 32 heavy (non-hydrogen) atoms. The first-order chi connectivity index (χ1) is 15.5. The second-order valence-corrected chi connectivity index (χ2v) is 8.38. The lowest BCUT2D eigenvalue weighted by Crippen LogP contribution is -2.38. The summed E-state index contributed by atoms with van der Waals surface area (Å²) in [7, 11) is 0. The summed E-state index contributed by atoms with van der Waals surface area (Å²) in [6.45, 7) is 17.5. The number of hydrogen-bond donors (Lipinski definition) is 0. The van der Waals surface area contributed by atoms with Crippen molar-refractivity contribution in [2.75, 3.05) is 4.90 Å². The van der Waals surface area contributed by atoms with Crippen LogP contribution in [-0.4, -0.2) is 16.0 Å². The Morgan fingerprint density at radius 2 is 1.47 bits per heavy atom. The molecule has 1 heterocycles. The van der Waals surface area contributed by atoms with Gasteiger partial charge < -0.3 is 4.90 Å². The second kappa shape index (κ2) is 12.4. The zero-order valence-corrected chi connectivity index (χ0v) is 21.3. The summed E-state index contributed by atoms with van der Waals surface area (Å²) >= 11 is 0. The lowest BCUT2D eigenvalue weighted by atomic mass is 9.83. The third-order valence-electron chi connectivity index (χ3n) is 6.51. The van der Waals surface area contributed by atoms with E-state index in [0.29, 0.717) is 17.9 Å². The van der Waals surface area contributed by atoms with Crippen LogP contribution < -0.4 is 4.90 Å². The van der Waals surface area contributed by atoms with E-state index in [0.717, 1.165) is 29.2 Å². The van der Waals surface area contributed by atoms with Gasteiger partial charge in [-0.05, 0) is 50.3 Å². The van der Waals surface area contributed by atoms with E-state index in [1.807, 2.05) is 26.1 Å². The largest absolute Gasteiger partial charge is 0.336 e. The van der Waals surface area contributed by atoms with E-state index in [9.17, 15) is 0 Å². The van der Waals surface area contributed by atoms with Crippen molar-refractivity contribution in [2.45, 2.75) is 74.3 Å². The van der Waals surface area contributed by atoms with Crippen molar-refractivity contribution in [3.63, 3.8) is 0 Å². The van der Waals surface area contributed by atoms with Crippen molar-refractivity contribution < 1.29 is 0 Å². The molecule has 3 unspecified atom stereocenters. The molecule has 3 heteroatoms. The molecule has 0 aliphatic heterocycles. The van der Waals surface area contributed by atoms with E-state index < -0.39 is 0 Å². The normalized spacial score (nSPS) is 13.5. The molecule has 0 N–H and O–H groups in total. The van der Waals surface area contributed by atoms with Crippen LogP contribution in [0.5, 0.6) is 0 Å². The highest BCUT2D eigenvalue weighted by Crippen LogP contribution is 2.36. The quantitative estimate of drug-likeness (QED) is 0.358. The maximum absolute atomic E-state index is 4.93. The second-order valence-electron chi connectivity index (χ2n) is 8.38. The average molecular weight is 432 g/mol.